The highest BCUT2D eigenvalue weighted by Gasteiger charge is 2.19. The van der Waals surface area contributed by atoms with Gasteiger partial charge in [-0.25, -0.2) is 0 Å². The molecule has 0 saturated carbocycles. The molecule has 6 heteroatoms. The number of rotatable bonds is 23. The van der Waals surface area contributed by atoms with Crippen LogP contribution in [0, 0.1) is 0 Å². The molecule has 1 amide bonds. The van der Waals surface area contributed by atoms with Gasteiger partial charge in [-0.1, -0.05) is 103 Å². The summed E-state index contributed by atoms with van der Waals surface area (Å²) in [5.74, 6) is -1.23. The predicted molar refractivity (Wildman–Crippen MR) is 126 cm³/mol. The van der Waals surface area contributed by atoms with Crippen molar-refractivity contribution < 1.29 is 14.7 Å². The van der Waals surface area contributed by atoms with Gasteiger partial charge in [-0.2, -0.15) is 0 Å². The average Bonchev–Trinajstić information content (AvgIpc) is 2.73. The summed E-state index contributed by atoms with van der Waals surface area (Å²) in [5.41, 5.74) is 5.36. The van der Waals surface area contributed by atoms with Gasteiger partial charge in [0.15, 0.2) is 0 Å². The smallest absolute Gasteiger partial charge is 0.321 e. The molecule has 0 fully saturated rings. The van der Waals surface area contributed by atoms with Gasteiger partial charge in [-0.15, -0.1) is 0 Å². The summed E-state index contributed by atoms with van der Waals surface area (Å²) in [4.78, 5) is 22.9. The molecular weight excluding hydrogens is 378 g/mol. The fraction of sp³-hybridized carbons (Fsp3) is 0.917. The summed E-state index contributed by atoms with van der Waals surface area (Å²) in [6.07, 6.45) is 21.2. The van der Waals surface area contributed by atoms with Crippen molar-refractivity contribution >= 4 is 11.9 Å². The summed E-state index contributed by atoms with van der Waals surface area (Å²) >= 11 is 0. The predicted octanol–water partition coefficient (Wildman–Crippen LogP) is 4.76. The van der Waals surface area contributed by atoms with E-state index < -0.39 is 12.0 Å². The van der Waals surface area contributed by atoms with Crippen molar-refractivity contribution in [1.29, 1.82) is 0 Å². The van der Waals surface area contributed by atoms with E-state index in [9.17, 15) is 9.59 Å². The number of carboxylic acids is 1. The van der Waals surface area contributed by atoms with E-state index in [0.717, 1.165) is 12.8 Å². The number of carboxylic acid groups (broad SMARTS) is 1. The van der Waals surface area contributed by atoms with E-state index >= 15 is 0 Å². The first kappa shape index (κ1) is 28.9. The Hall–Kier alpha value is -1.14. The van der Waals surface area contributed by atoms with Crippen LogP contribution in [-0.4, -0.2) is 42.7 Å². The molecule has 0 bridgehead atoms. The average molecular weight is 428 g/mol. The van der Waals surface area contributed by atoms with Gasteiger partial charge in [-0.3, -0.25) is 9.59 Å². The number of hydrogen-bond donors (Lipinski definition) is 4. The third kappa shape index (κ3) is 20.1. The molecule has 0 heterocycles. The summed E-state index contributed by atoms with van der Waals surface area (Å²) in [5, 5.41) is 14.7. The van der Waals surface area contributed by atoms with Crippen LogP contribution in [0.25, 0.3) is 0 Å². The van der Waals surface area contributed by atoms with Crippen LogP contribution in [0.15, 0.2) is 0 Å². The highest BCUT2D eigenvalue weighted by molar-refractivity contribution is 5.84. The zero-order valence-corrected chi connectivity index (χ0v) is 19.6. The summed E-state index contributed by atoms with van der Waals surface area (Å²) in [6, 6.07) is -0.862. The molecule has 0 aliphatic carbocycles. The number of nitrogens with one attached hydrogen (secondary N) is 2. The molecule has 0 radical (unpaired) electrons. The molecule has 0 spiro atoms. The Morgan fingerprint density at radius 3 is 1.57 bits per heavy atom. The molecular formula is C24H49N3O3. The first-order valence-corrected chi connectivity index (χ1v) is 12.5. The zero-order chi connectivity index (χ0) is 22.3. The first-order valence-electron chi connectivity index (χ1n) is 12.5. The highest BCUT2D eigenvalue weighted by atomic mass is 16.4. The lowest BCUT2D eigenvalue weighted by Gasteiger charge is -2.13. The Balaban J connectivity index is 3.34. The fourth-order valence-corrected chi connectivity index (χ4v) is 3.66. The number of amides is 1. The fourth-order valence-electron chi connectivity index (χ4n) is 3.66. The number of unbranched alkanes of at least 4 members (excludes halogenated alkanes) is 15. The van der Waals surface area contributed by atoms with Crippen LogP contribution >= 0.6 is 0 Å². The molecule has 1 unspecified atom stereocenters. The number of carbonyl (C=O) groups excluding carboxylic acids is 1. The van der Waals surface area contributed by atoms with Gasteiger partial charge in [0.2, 0.25) is 5.91 Å². The molecule has 0 aliphatic heterocycles. The van der Waals surface area contributed by atoms with E-state index in [4.69, 9.17) is 10.8 Å². The Morgan fingerprint density at radius 1 is 0.733 bits per heavy atom. The summed E-state index contributed by atoms with van der Waals surface area (Å²) < 4.78 is 0. The highest BCUT2D eigenvalue weighted by Crippen LogP contribution is 2.13. The molecule has 5 N–H and O–H groups in total. The van der Waals surface area contributed by atoms with Gasteiger partial charge in [0.25, 0.3) is 0 Å². The molecule has 0 aromatic carbocycles. The van der Waals surface area contributed by atoms with Crippen molar-refractivity contribution in [3.63, 3.8) is 0 Å². The number of hydrogen-bond acceptors (Lipinski definition) is 4. The van der Waals surface area contributed by atoms with E-state index in [0.29, 0.717) is 19.6 Å². The Morgan fingerprint density at radius 2 is 1.17 bits per heavy atom. The summed E-state index contributed by atoms with van der Waals surface area (Å²) in [6.45, 7) is 3.64. The SMILES string of the molecule is CCCCCCCCCCCCCCCCCCNC(=O)CC(NCCN)C(=O)O. The summed E-state index contributed by atoms with van der Waals surface area (Å²) in [7, 11) is 0. The molecule has 0 aliphatic rings. The van der Waals surface area contributed by atoms with Crippen molar-refractivity contribution in [3.8, 4) is 0 Å². The molecule has 30 heavy (non-hydrogen) atoms. The van der Waals surface area contributed by atoms with Gasteiger partial charge in [0.05, 0.1) is 6.42 Å². The molecule has 1 atom stereocenters. The van der Waals surface area contributed by atoms with Crippen LogP contribution in [0.1, 0.15) is 116 Å². The van der Waals surface area contributed by atoms with Crippen LogP contribution in [0.2, 0.25) is 0 Å². The van der Waals surface area contributed by atoms with E-state index in [2.05, 4.69) is 17.6 Å². The maximum absolute atomic E-state index is 11.8. The third-order valence-corrected chi connectivity index (χ3v) is 5.58. The van der Waals surface area contributed by atoms with E-state index in [1.54, 1.807) is 0 Å². The van der Waals surface area contributed by atoms with Crippen molar-refractivity contribution in [2.24, 2.45) is 5.73 Å². The quantitative estimate of drug-likeness (QED) is 0.176. The van der Waals surface area contributed by atoms with Crippen molar-refractivity contribution in [1.82, 2.24) is 10.6 Å². The van der Waals surface area contributed by atoms with Crippen LogP contribution in [0.5, 0.6) is 0 Å². The second-order valence-electron chi connectivity index (χ2n) is 8.49. The van der Waals surface area contributed by atoms with Crippen LogP contribution in [0.3, 0.4) is 0 Å². The maximum Gasteiger partial charge on any atom is 0.321 e. The van der Waals surface area contributed by atoms with E-state index in [1.165, 1.54) is 89.9 Å². The topological polar surface area (TPSA) is 104 Å². The molecule has 0 saturated heterocycles. The lowest BCUT2D eigenvalue weighted by molar-refractivity contribution is -0.141. The molecule has 0 aromatic rings. The minimum Gasteiger partial charge on any atom is -0.480 e. The number of nitrogens with two attached hydrogens (primary N) is 1. The van der Waals surface area contributed by atoms with Crippen molar-refractivity contribution in [2.75, 3.05) is 19.6 Å². The first-order chi connectivity index (χ1) is 14.6. The van der Waals surface area contributed by atoms with Crippen LogP contribution < -0.4 is 16.4 Å². The Kier molecular flexibility index (Phi) is 21.7. The van der Waals surface area contributed by atoms with Crippen molar-refractivity contribution in [3.05, 3.63) is 0 Å². The third-order valence-electron chi connectivity index (χ3n) is 5.58. The second-order valence-corrected chi connectivity index (χ2v) is 8.49. The molecule has 178 valence electrons. The van der Waals surface area contributed by atoms with Gasteiger partial charge in [0, 0.05) is 19.6 Å². The standard InChI is InChI=1S/C24H49N3O3/c1-2-3-4-5-6-7-8-9-10-11-12-13-14-15-16-17-19-27-23(28)21-22(24(29)30)26-20-18-25/h22,26H,2-21,25H2,1H3,(H,27,28)(H,29,30). The van der Waals surface area contributed by atoms with Gasteiger partial charge in [-0.05, 0) is 6.42 Å². The number of carbonyl (C=O) groups is 2. The molecule has 0 rings (SSSR count). The lowest BCUT2D eigenvalue weighted by atomic mass is 10.0. The Labute approximate surface area is 185 Å². The lowest BCUT2D eigenvalue weighted by Crippen LogP contribution is -2.43. The van der Waals surface area contributed by atoms with Crippen LogP contribution in [-0.2, 0) is 9.59 Å². The Bertz CT molecular complexity index is 405. The maximum atomic E-state index is 11.8. The van der Waals surface area contributed by atoms with Gasteiger partial charge in [0.1, 0.15) is 6.04 Å². The number of aliphatic carboxylic acids is 1. The largest absolute Gasteiger partial charge is 0.480 e. The normalized spacial score (nSPS) is 12.1. The molecule has 0 aromatic heterocycles. The second kappa shape index (κ2) is 22.5. The van der Waals surface area contributed by atoms with E-state index in [1.807, 2.05) is 0 Å². The molecule has 6 nitrogen and oxygen atoms in total. The minimum absolute atomic E-state index is 0.0474. The monoisotopic (exact) mass is 427 g/mol. The van der Waals surface area contributed by atoms with Crippen molar-refractivity contribution in [2.45, 2.75) is 122 Å². The van der Waals surface area contributed by atoms with E-state index in [-0.39, 0.29) is 12.3 Å². The minimum atomic E-state index is -1.01. The van der Waals surface area contributed by atoms with Gasteiger partial charge < -0.3 is 21.5 Å². The van der Waals surface area contributed by atoms with Crippen LogP contribution in [0.4, 0.5) is 0 Å². The zero-order valence-electron chi connectivity index (χ0n) is 19.6. The van der Waals surface area contributed by atoms with Gasteiger partial charge >= 0.3 is 5.97 Å².